The van der Waals surface area contributed by atoms with Gasteiger partial charge in [0, 0.05) is 49.0 Å². The third-order valence-electron chi connectivity index (χ3n) is 14.3. The third kappa shape index (κ3) is 5.15. The minimum atomic E-state index is -0.179. The van der Waals surface area contributed by atoms with Gasteiger partial charge in [-0.2, -0.15) is 9.97 Å². The lowest BCUT2D eigenvalue weighted by Crippen LogP contribution is -2.14. The quantitative estimate of drug-likeness (QED) is 0.173. The maximum absolute atomic E-state index is 6.89. The van der Waals surface area contributed by atoms with Gasteiger partial charge < -0.3 is 8.98 Å². The van der Waals surface area contributed by atoms with Crippen LogP contribution in [-0.4, -0.2) is 24.1 Å². The van der Waals surface area contributed by atoms with Crippen LogP contribution in [0, 0.1) is 0 Å². The molecule has 0 N–H and O–H groups in total. The number of benzene rings is 8. The van der Waals surface area contributed by atoms with E-state index in [1.807, 2.05) is 18.2 Å². The molecule has 0 amide bonds. The lowest BCUT2D eigenvalue weighted by Gasteiger charge is -2.21. The first kappa shape index (κ1) is 37.1. The molecule has 14 rings (SSSR count). The number of furan rings is 1. The first-order valence-electron chi connectivity index (χ1n) is 22.8. The molecule has 66 heavy (non-hydrogen) atoms. The van der Waals surface area contributed by atoms with Gasteiger partial charge in [-0.1, -0.05) is 178 Å². The summed E-state index contributed by atoms with van der Waals surface area (Å²) in [6.45, 7) is 4.63. The lowest BCUT2D eigenvalue weighted by molar-refractivity contribution is 0.660. The van der Waals surface area contributed by atoms with Gasteiger partial charge in [0.1, 0.15) is 11.2 Å². The van der Waals surface area contributed by atoms with E-state index >= 15 is 0 Å². The summed E-state index contributed by atoms with van der Waals surface area (Å²) in [5, 5.41) is 6.73. The minimum absolute atomic E-state index is 0.179. The summed E-state index contributed by atoms with van der Waals surface area (Å²) in [6.07, 6.45) is 8.64. The van der Waals surface area contributed by atoms with Crippen molar-refractivity contribution in [2.45, 2.75) is 32.1 Å². The second kappa shape index (κ2) is 13.8. The van der Waals surface area contributed by atoms with Crippen molar-refractivity contribution >= 4 is 71.1 Å². The fourth-order valence-electron chi connectivity index (χ4n) is 11.3. The zero-order valence-corrected chi connectivity index (χ0v) is 36.5. The number of rotatable bonds is 5. The SMILES string of the molecule is CC1(C)c2ccccc2-c2c(-c3nc(-c4ccccc4)nc(-n4c5ccccc5c5ccc6c7ccccc7n(-c7cccc8oc9c(C%10=CC=CCC%10)cccc9c78)c6c54)n3)cccc21. The van der Waals surface area contributed by atoms with Gasteiger partial charge in [-0.3, -0.25) is 4.57 Å². The average molecular weight is 848 g/mol. The topological polar surface area (TPSA) is 61.7 Å². The Kier molecular flexibility index (Phi) is 7.76. The van der Waals surface area contributed by atoms with E-state index in [4.69, 9.17) is 19.4 Å². The molecule has 0 spiro atoms. The van der Waals surface area contributed by atoms with Gasteiger partial charge in [0.05, 0.1) is 33.1 Å². The molecule has 4 heterocycles. The molecule has 0 fully saturated rings. The Morgan fingerprint density at radius 2 is 1.15 bits per heavy atom. The van der Waals surface area contributed by atoms with Gasteiger partial charge in [-0.15, -0.1) is 0 Å². The number of hydrogen-bond acceptors (Lipinski definition) is 4. The number of aromatic nitrogens is 5. The van der Waals surface area contributed by atoms with Crippen LogP contribution in [0.2, 0.25) is 0 Å². The monoisotopic (exact) mass is 847 g/mol. The predicted octanol–water partition coefficient (Wildman–Crippen LogP) is 15.3. The molecule has 0 radical (unpaired) electrons. The molecule has 12 aromatic rings. The Hall–Kier alpha value is -8.35. The van der Waals surface area contributed by atoms with E-state index in [1.165, 1.54) is 33.2 Å². The molecule has 0 bridgehead atoms. The van der Waals surface area contributed by atoms with Crippen LogP contribution >= 0.6 is 0 Å². The maximum atomic E-state index is 6.89. The highest BCUT2D eigenvalue weighted by Crippen LogP contribution is 2.52. The second-order valence-electron chi connectivity index (χ2n) is 18.2. The molecule has 6 heteroatoms. The second-order valence-corrected chi connectivity index (χ2v) is 18.2. The van der Waals surface area contributed by atoms with Gasteiger partial charge in [-0.25, -0.2) is 4.98 Å². The Bertz CT molecular complexity index is 4090. The Balaban J connectivity index is 1.11. The summed E-state index contributed by atoms with van der Waals surface area (Å²) >= 11 is 0. The number of hydrogen-bond donors (Lipinski definition) is 0. The Morgan fingerprint density at radius 3 is 1.95 bits per heavy atom. The van der Waals surface area contributed by atoms with E-state index < -0.39 is 0 Å². The van der Waals surface area contributed by atoms with E-state index in [0.717, 1.165) is 95.4 Å². The summed E-state index contributed by atoms with van der Waals surface area (Å²) in [5.74, 6) is 1.81. The molecular formula is C60H41N5O. The van der Waals surface area contributed by atoms with Crippen LogP contribution in [0.1, 0.15) is 43.4 Å². The van der Waals surface area contributed by atoms with Crippen molar-refractivity contribution in [1.29, 1.82) is 0 Å². The van der Waals surface area contributed by atoms with Crippen LogP contribution in [0.15, 0.2) is 193 Å². The largest absolute Gasteiger partial charge is 0.455 e. The minimum Gasteiger partial charge on any atom is -0.455 e. The summed E-state index contributed by atoms with van der Waals surface area (Å²) < 4.78 is 11.6. The Morgan fingerprint density at radius 1 is 0.515 bits per heavy atom. The van der Waals surface area contributed by atoms with E-state index in [9.17, 15) is 0 Å². The fourth-order valence-corrected chi connectivity index (χ4v) is 11.3. The normalized spacial score (nSPS) is 14.2. The fraction of sp³-hybridized carbons (Fsp3) is 0.0833. The zero-order chi connectivity index (χ0) is 43.7. The van der Waals surface area contributed by atoms with Crippen molar-refractivity contribution < 1.29 is 4.42 Å². The third-order valence-corrected chi connectivity index (χ3v) is 14.3. The summed E-state index contributed by atoms with van der Waals surface area (Å²) in [5.41, 5.74) is 16.2. The van der Waals surface area contributed by atoms with Gasteiger partial charge in [0.25, 0.3) is 0 Å². The first-order chi connectivity index (χ1) is 32.5. The molecule has 6 nitrogen and oxygen atoms in total. The predicted molar refractivity (Wildman–Crippen MR) is 271 cm³/mol. The first-order valence-corrected chi connectivity index (χ1v) is 22.8. The highest BCUT2D eigenvalue weighted by molar-refractivity contribution is 6.25. The van der Waals surface area contributed by atoms with Crippen molar-refractivity contribution in [2.24, 2.45) is 0 Å². The molecule has 0 saturated heterocycles. The van der Waals surface area contributed by atoms with Crippen molar-refractivity contribution in [3.8, 4) is 45.5 Å². The van der Waals surface area contributed by atoms with E-state index in [-0.39, 0.29) is 5.41 Å². The molecular weight excluding hydrogens is 807 g/mol. The smallest absolute Gasteiger partial charge is 0.238 e. The molecule has 4 aromatic heterocycles. The van der Waals surface area contributed by atoms with Gasteiger partial charge >= 0.3 is 0 Å². The number of allylic oxidation sites excluding steroid dienone is 4. The average Bonchev–Trinajstić information content (AvgIpc) is 4.10. The maximum Gasteiger partial charge on any atom is 0.238 e. The molecule has 2 aliphatic carbocycles. The molecule has 0 aliphatic heterocycles. The van der Waals surface area contributed by atoms with Crippen molar-refractivity contribution in [1.82, 2.24) is 24.1 Å². The highest BCUT2D eigenvalue weighted by atomic mass is 16.3. The molecule has 0 unspecified atom stereocenters. The van der Waals surface area contributed by atoms with Crippen LogP contribution in [0.3, 0.4) is 0 Å². The van der Waals surface area contributed by atoms with E-state index in [0.29, 0.717) is 17.6 Å². The molecule has 8 aromatic carbocycles. The lowest BCUT2D eigenvalue weighted by atomic mass is 9.82. The van der Waals surface area contributed by atoms with Gasteiger partial charge in [0.15, 0.2) is 11.6 Å². The van der Waals surface area contributed by atoms with Gasteiger partial charge in [-0.05, 0) is 64.9 Å². The van der Waals surface area contributed by atoms with Crippen LogP contribution in [-0.2, 0) is 5.41 Å². The van der Waals surface area contributed by atoms with Crippen LogP contribution < -0.4 is 0 Å². The van der Waals surface area contributed by atoms with Crippen molar-refractivity contribution in [3.63, 3.8) is 0 Å². The highest BCUT2D eigenvalue weighted by Gasteiger charge is 2.37. The number of fused-ring (bicyclic) bond motifs is 13. The molecule has 0 atom stereocenters. The summed E-state index contributed by atoms with van der Waals surface area (Å²) in [7, 11) is 0. The van der Waals surface area contributed by atoms with Gasteiger partial charge in [0.2, 0.25) is 5.95 Å². The van der Waals surface area contributed by atoms with Crippen molar-refractivity contribution in [3.05, 3.63) is 205 Å². The molecule has 312 valence electrons. The van der Waals surface area contributed by atoms with E-state index in [2.05, 4.69) is 193 Å². The van der Waals surface area contributed by atoms with Crippen LogP contribution in [0.4, 0.5) is 0 Å². The van der Waals surface area contributed by atoms with Crippen LogP contribution in [0.5, 0.6) is 0 Å². The standard InChI is InChI=1S/C60H41N5O/c1-60(2)46-28-12-9-24-43(46)52-45(27-16-29-47(52)60)58-61-57(37-20-7-4-8-21-37)62-59(63-58)65-49-31-14-11-23-40(49)42-35-34-41-39-22-10-13-30-48(39)64(54(41)55(42)65)50-32-17-33-51-53(50)44-26-15-25-38(56(44)66-51)36-18-5-3-6-19-36/h3-5,7-18,20-35H,6,19H2,1-2H3. The summed E-state index contributed by atoms with van der Waals surface area (Å²) in [4.78, 5) is 16.4. The Labute approximate surface area is 380 Å². The van der Waals surface area contributed by atoms with Crippen molar-refractivity contribution in [2.75, 3.05) is 0 Å². The zero-order valence-electron chi connectivity index (χ0n) is 36.5. The van der Waals surface area contributed by atoms with E-state index in [1.54, 1.807) is 0 Å². The molecule has 2 aliphatic rings. The number of nitrogens with zero attached hydrogens (tertiary/aromatic N) is 5. The van der Waals surface area contributed by atoms with Crippen LogP contribution in [0.25, 0.3) is 117 Å². The summed E-state index contributed by atoms with van der Waals surface area (Å²) in [6, 6.07) is 60.7. The molecule has 0 saturated carbocycles. The number of para-hydroxylation sites is 3.